The van der Waals surface area contributed by atoms with E-state index in [1.165, 1.54) is 0 Å². The Kier molecular flexibility index (Phi) is 5.30. The van der Waals surface area contributed by atoms with Crippen molar-refractivity contribution in [2.45, 2.75) is 19.4 Å². The molecule has 1 saturated heterocycles. The molecule has 0 bridgehead atoms. The summed E-state index contributed by atoms with van der Waals surface area (Å²) in [4.78, 5) is 25.3. The van der Waals surface area contributed by atoms with Crippen LogP contribution >= 0.6 is 15.9 Å². The molecular formula is C19H18BrNO3. The second-order valence-corrected chi connectivity index (χ2v) is 6.70. The highest BCUT2D eigenvalue weighted by atomic mass is 79.9. The van der Waals surface area contributed by atoms with E-state index in [4.69, 9.17) is 4.74 Å². The molecule has 3 rings (SSSR count). The van der Waals surface area contributed by atoms with Crippen LogP contribution in [0.15, 0.2) is 46.9 Å². The number of carbonyl (C=O) groups is 2. The maximum Gasteiger partial charge on any atom is 0.253 e. The van der Waals surface area contributed by atoms with Crippen molar-refractivity contribution in [3.8, 4) is 5.75 Å². The molecule has 1 aliphatic rings. The molecule has 0 atom stereocenters. The molecule has 1 amide bonds. The minimum Gasteiger partial charge on any atom is -0.488 e. The maximum atomic E-state index is 12.3. The number of likely N-dealkylation sites (tertiary alicyclic amines) is 1. The van der Waals surface area contributed by atoms with Gasteiger partial charge in [-0.15, -0.1) is 0 Å². The molecule has 1 heterocycles. The number of aldehydes is 1. The summed E-state index contributed by atoms with van der Waals surface area (Å²) in [5.74, 6) is 0.640. The largest absolute Gasteiger partial charge is 0.488 e. The lowest BCUT2D eigenvalue weighted by Gasteiger charge is -2.15. The van der Waals surface area contributed by atoms with E-state index in [2.05, 4.69) is 15.9 Å². The van der Waals surface area contributed by atoms with Crippen LogP contribution in [0.3, 0.4) is 0 Å². The first-order valence-corrected chi connectivity index (χ1v) is 8.72. The minimum atomic E-state index is 0.0936. The average Bonchev–Trinajstić information content (AvgIpc) is 3.15. The number of rotatable bonds is 5. The summed E-state index contributed by atoms with van der Waals surface area (Å²) in [5, 5.41) is 0. The third kappa shape index (κ3) is 3.85. The number of amides is 1. The highest BCUT2D eigenvalue weighted by Crippen LogP contribution is 2.23. The molecule has 0 unspecified atom stereocenters. The van der Waals surface area contributed by atoms with Crippen LogP contribution in [0.5, 0.6) is 5.75 Å². The van der Waals surface area contributed by atoms with Gasteiger partial charge in [0.2, 0.25) is 0 Å². The van der Waals surface area contributed by atoms with Crippen LogP contribution in [0.25, 0.3) is 0 Å². The fourth-order valence-corrected chi connectivity index (χ4v) is 3.13. The van der Waals surface area contributed by atoms with Crippen molar-refractivity contribution in [1.29, 1.82) is 0 Å². The highest BCUT2D eigenvalue weighted by Gasteiger charge is 2.19. The summed E-state index contributed by atoms with van der Waals surface area (Å²) in [5.41, 5.74) is 2.16. The van der Waals surface area contributed by atoms with Crippen molar-refractivity contribution in [1.82, 2.24) is 4.90 Å². The Labute approximate surface area is 149 Å². The molecule has 0 spiro atoms. The molecule has 2 aromatic rings. The van der Waals surface area contributed by atoms with Crippen LogP contribution in [0.4, 0.5) is 0 Å². The lowest BCUT2D eigenvalue weighted by Crippen LogP contribution is -2.27. The zero-order valence-corrected chi connectivity index (χ0v) is 14.8. The summed E-state index contributed by atoms with van der Waals surface area (Å²) in [6.07, 6.45) is 2.95. The van der Waals surface area contributed by atoms with Crippen LogP contribution in [-0.4, -0.2) is 30.2 Å². The zero-order valence-electron chi connectivity index (χ0n) is 13.2. The molecule has 4 nitrogen and oxygen atoms in total. The lowest BCUT2D eigenvalue weighted by atomic mass is 10.1. The van der Waals surface area contributed by atoms with Crippen LogP contribution in [-0.2, 0) is 6.61 Å². The number of nitrogens with zero attached hydrogens (tertiary/aromatic N) is 1. The molecule has 24 heavy (non-hydrogen) atoms. The standard InChI is InChI=1S/C19H18BrNO3/c20-17-7-8-18(16(11-17)12-22)24-13-14-3-5-15(6-4-14)19(23)21-9-1-2-10-21/h3-8,11-12H,1-2,9-10,13H2. The fraction of sp³-hybridized carbons (Fsp3) is 0.263. The molecule has 0 N–H and O–H groups in total. The molecule has 124 valence electrons. The van der Waals surface area contributed by atoms with Crippen molar-refractivity contribution < 1.29 is 14.3 Å². The summed E-state index contributed by atoms with van der Waals surface area (Å²) < 4.78 is 6.56. The molecule has 1 fully saturated rings. The van der Waals surface area contributed by atoms with Gasteiger partial charge in [-0.25, -0.2) is 0 Å². The Morgan fingerprint density at radius 3 is 2.50 bits per heavy atom. The molecule has 0 saturated carbocycles. The maximum absolute atomic E-state index is 12.3. The monoisotopic (exact) mass is 387 g/mol. The fourth-order valence-electron chi connectivity index (χ4n) is 2.75. The van der Waals surface area contributed by atoms with Gasteiger partial charge in [-0.2, -0.15) is 0 Å². The molecule has 2 aromatic carbocycles. The summed E-state index contributed by atoms with van der Waals surface area (Å²) in [7, 11) is 0. The van der Waals surface area contributed by atoms with E-state index >= 15 is 0 Å². The smallest absolute Gasteiger partial charge is 0.253 e. The number of benzene rings is 2. The van der Waals surface area contributed by atoms with E-state index in [0.717, 1.165) is 42.3 Å². The zero-order chi connectivity index (χ0) is 16.9. The van der Waals surface area contributed by atoms with E-state index in [-0.39, 0.29) is 5.91 Å². The highest BCUT2D eigenvalue weighted by molar-refractivity contribution is 9.10. The van der Waals surface area contributed by atoms with E-state index in [1.54, 1.807) is 12.1 Å². The van der Waals surface area contributed by atoms with E-state index in [1.807, 2.05) is 35.2 Å². The topological polar surface area (TPSA) is 46.6 Å². The number of hydrogen-bond acceptors (Lipinski definition) is 3. The first-order chi connectivity index (χ1) is 11.7. The van der Waals surface area contributed by atoms with Gasteiger partial charge >= 0.3 is 0 Å². The van der Waals surface area contributed by atoms with E-state index < -0.39 is 0 Å². The number of hydrogen-bond donors (Lipinski definition) is 0. The molecule has 5 heteroatoms. The summed E-state index contributed by atoms with van der Waals surface area (Å²) >= 11 is 3.33. The van der Waals surface area contributed by atoms with Crippen LogP contribution in [0, 0.1) is 0 Å². The quantitative estimate of drug-likeness (QED) is 0.726. The van der Waals surface area contributed by atoms with Gasteiger partial charge in [0.25, 0.3) is 5.91 Å². The summed E-state index contributed by atoms with van der Waals surface area (Å²) in [6, 6.07) is 12.8. The molecule has 1 aliphatic heterocycles. The Morgan fingerprint density at radius 2 is 1.83 bits per heavy atom. The number of halogens is 1. The third-order valence-electron chi connectivity index (χ3n) is 4.09. The van der Waals surface area contributed by atoms with Crippen molar-refractivity contribution in [3.63, 3.8) is 0 Å². The van der Waals surface area contributed by atoms with Crippen molar-refractivity contribution in [2.24, 2.45) is 0 Å². The Balaban J connectivity index is 1.64. The van der Waals surface area contributed by atoms with Crippen LogP contribution in [0.2, 0.25) is 0 Å². The van der Waals surface area contributed by atoms with E-state index in [9.17, 15) is 9.59 Å². The van der Waals surface area contributed by atoms with Crippen LogP contribution in [0.1, 0.15) is 39.1 Å². The molecular weight excluding hydrogens is 370 g/mol. The van der Waals surface area contributed by atoms with Gasteiger partial charge < -0.3 is 9.64 Å². The predicted octanol–water partition coefficient (Wildman–Crippen LogP) is 4.08. The van der Waals surface area contributed by atoms with Gasteiger partial charge in [-0.3, -0.25) is 9.59 Å². The summed E-state index contributed by atoms with van der Waals surface area (Å²) in [6.45, 7) is 2.05. The predicted molar refractivity (Wildman–Crippen MR) is 95.4 cm³/mol. The first-order valence-electron chi connectivity index (χ1n) is 7.93. The first kappa shape index (κ1) is 16.7. The molecule has 0 aliphatic carbocycles. The van der Waals surface area contributed by atoms with Gasteiger partial charge in [0, 0.05) is 23.1 Å². The Hall–Kier alpha value is -2.14. The second kappa shape index (κ2) is 7.62. The molecule has 0 aromatic heterocycles. The average molecular weight is 388 g/mol. The normalized spacial score (nSPS) is 13.8. The van der Waals surface area contributed by atoms with Crippen molar-refractivity contribution >= 4 is 28.1 Å². The SMILES string of the molecule is O=Cc1cc(Br)ccc1OCc1ccc(C(=O)N2CCCC2)cc1. The van der Waals surface area contributed by atoms with Crippen LogP contribution < -0.4 is 4.74 Å². The van der Waals surface area contributed by atoms with E-state index in [0.29, 0.717) is 23.5 Å². The number of ether oxygens (including phenoxy) is 1. The Bertz CT molecular complexity index is 737. The Morgan fingerprint density at radius 1 is 1.12 bits per heavy atom. The third-order valence-corrected chi connectivity index (χ3v) is 4.58. The van der Waals surface area contributed by atoms with Crippen molar-refractivity contribution in [3.05, 3.63) is 63.6 Å². The minimum absolute atomic E-state index is 0.0936. The van der Waals surface area contributed by atoms with Crippen molar-refractivity contribution in [2.75, 3.05) is 13.1 Å². The van der Waals surface area contributed by atoms with Gasteiger partial charge in [-0.05, 0) is 48.7 Å². The molecule has 0 radical (unpaired) electrons. The lowest BCUT2D eigenvalue weighted by molar-refractivity contribution is 0.0792. The van der Waals surface area contributed by atoms with Gasteiger partial charge in [0.05, 0.1) is 5.56 Å². The second-order valence-electron chi connectivity index (χ2n) is 5.78. The van der Waals surface area contributed by atoms with Gasteiger partial charge in [-0.1, -0.05) is 28.1 Å². The van der Waals surface area contributed by atoms with Gasteiger partial charge in [0.15, 0.2) is 6.29 Å². The van der Waals surface area contributed by atoms with Gasteiger partial charge in [0.1, 0.15) is 12.4 Å². The number of carbonyl (C=O) groups excluding carboxylic acids is 2.